The van der Waals surface area contributed by atoms with E-state index in [4.69, 9.17) is 0 Å². The first-order valence-electron chi connectivity index (χ1n) is 28.8. The maximum Gasteiger partial charge on any atom is -0.412 e. The molecule has 1 radical (unpaired) electrons. The summed E-state index contributed by atoms with van der Waals surface area (Å²) >= 11 is -6.45. The van der Waals surface area contributed by atoms with Gasteiger partial charge in [0.25, 0.3) is 0 Å². The van der Waals surface area contributed by atoms with Crippen LogP contribution < -0.4 is 8.79 Å². The van der Waals surface area contributed by atoms with Crippen molar-refractivity contribution < 1.29 is 9.24 Å². The summed E-state index contributed by atoms with van der Waals surface area (Å²) in [5, 5.41) is 2.02. The first-order chi connectivity index (χ1) is 31.4. The molecule has 0 atom stereocenters. The topological polar surface area (TPSA) is 40.7 Å². The van der Waals surface area contributed by atoms with E-state index in [1.165, 1.54) is 12.8 Å². The third-order valence-electron chi connectivity index (χ3n) is 17.2. The Hall–Kier alpha value is 0.661. The predicted molar refractivity (Wildman–Crippen MR) is 358 cm³/mol. The molecule has 1 spiro atoms. The molecule has 2 aromatic rings. The minimum atomic E-state index is -3.95. The Kier molecular flexibility index (Phi) is 19.8. The van der Waals surface area contributed by atoms with Crippen molar-refractivity contribution in [3.63, 3.8) is 0 Å². The normalized spacial score (nSPS) is 18.1. The van der Waals surface area contributed by atoms with E-state index in [-0.39, 0.29) is 21.2 Å². The van der Waals surface area contributed by atoms with Gasteiger partial charge < -0.3 is 5.48 Å². The van der Waals surface area contributed by atoms with E-state index in [9.17, 15) is 3.76 Å². The molecule has 0 bridgehead atoms. The maximum atomic E-state index is 9.33. The van der Waals surface area contributed by atoms with Crippen LogP contribution in [0.5, 0.6) is 0 Å². The fraction of sp³-hybridized carbons (Fsp3) is 0.733. The summed E-state index contributed by atoms with van der Waals surface area (Å²) in [5.74, 6) is 0. The molecule has 0 saturated heterocycles. The summed E-state index contributed by atoms with van der Waals surface area (Å²) in [5.41, 5.74) is 10.6. The number of benzene rings is 2. The Bertz CT molecular complexity index is 2230. The van der Waals surface area contributed by atoms with E-state index in [0.29, 0.717) is 15.5 Å². The van der Waals surface area contributed by atoms with Crippen molar-refractivity contribution in [1.82, 2.24) is 0 Å². The van der Waals surface area contributed by atoms with Gasteiger partial charge in [0.1, 0.15) is 0 Å². The molecule has 0 saturated carbocycles. The summed E-state index contributed by atoms with van der Waals surface area (Å²) in [6.45, 7) is 91.6. The molecule has 0 aromatic heterocycles. The smallest absolute Gasteiger partial charge is 0.412 e. The zero-order valence-electron chi connectivity index (χ0n) is 54.3. The molecular weight excluding hydrogens is 1120 g/mol. The van der Waals surface area contributed by atoms with Gasteiger partial charge in [-0.15, -0.1) is 0 Å². The average molecular weight is 1240 g/mol. The van der Waals surface area contributed by atoms with Crippen LogP contribution in [0.4, 0.5) is 0 Å². The molecule has 12 heteroatoms. The monoisotopic (exact) mass is 1240 g/mol. The maximum absolute atomic E-state index is 9.33. The van der Waals surface area contributed by atoms with Gasteiger partial charge in [0, 0.05) is 0 Å². The Morgan fingerprint density at radius 3 is 0.972 bits per heavy atom. The Morgan fingerprint density at radius 2 is 0.722 bits per heavy atom. The van der Waals surface area contributed by atoms with Gasteiger partial charge in [0.2, 0.25) is 0 Å². The molecular formula is C60H119Ge2O2Si8. The quantitative estimate of drug-likeness (QED) is 0.154. The van der Waals surface area contributed by atoms with Gasteiger partial charge in [-0.2, -0.15) is 0 Å². The second-order valence-corrected chi connectivity index (χ2v) is 90.2. The molecule has 2 aliphatic rings. The van der Waals surface area contributed by atoms with E-state index in [1.807, 2.05) is 37.5 Å². The summed E-state index contributed by atoms with van der Waals surface area (Å²) < 4.78 is 21.0. The predicted octanol–water partition coefficient (Wildman–Crippen LogP) is 17.9. The van der Waals surface area contributed by atoms with Crippen molar-refractivity contribution in [2.45, 2.75) is 283 Å². The summed E-state index contributed by atoms with van der Waals surface area (Å²) in [6.07, 6.45) is 4.63. The van der Waals surface area contributed by atoms with E-state index in [0.717, 1.165) is 12.8 Å². The van der Waals surface area contributed by atoms with Crippen molar-refractivity contribution in [2.24, 2.45) is 0 Å². The fourth-order valence-corrected chi connectivity index (χ4v) is 99.6. The first-order valence-corrected chi connectivity index (χ1v) is 64.4. The summed E-state index contributed by atoms with van der Waals surface area (Å²) in [6, 6.07) is 11.6. The molecule has 0 unspecified atom stereocenters. The van der Waals surface area contributed by atoms with Crippen LogP contribution in [0.3, 0.4) is 0 Å². The molecule has 411 valence electrons. The molecule has 2 nitrogen and oxygen atoms in total. The van der Waals surface area contributed by atoms with Gasteiger partial charge in [-0.3, -0.25) is 0 Å². The van der Waals surface area contributed by atoms with Crippen LogP contribution in [0.25, 0.3) is 0 Å². The van der Waals surface area contributed by atoms with Gasteiger partial charge >= 0.3 is 464 Å². The standard InChI is InChI=1S/C60H117Ge2OSi8.H2O/c1-35-49-51(37-3)62(54-47(57(68(23,24)25)69(26,27)28)41-44(59(8,9)10)42-48(54)60(63-62,70(29,30)31)71(32,33)34)52(38-4)50(36-2)61(49)53-45(55(64(11,12)13)65(14,15)16)39-43(58(5,6)7)40-46(53)56(66(17,18)19)67(20,21)22;/h39-42,55-57H,35-38H2,1-34H3;1H2. The molecule has 0 aliphatic carbocycles. The second kappa shape index (κ2) is 21.3. The van der Waals surface area contributed by atoms with Crippen LogP contribution in [0.2, 0.25) is 157 Å². The van der Waals surface area contributed by atoms with Crippen molar-refractivity contribution >= 4 is 101 Å². The number of fused-ring (bicyclic) bond motifs is 2. The molecule has 0 fully saturated rings. The molecule has 4 rings (SSSR count). The second-order valence-electron chi connectivity index (χ2n) is 33.7. The molecule has 0 amide bonds. The number of hydrogen-bond acceptors (Lipinski definition) is 1. The minimum Gasteiger partial charge on any atom is -0.412 e. The summed E-state index contributed by atoms with van der Waals surface area (Å²) in [4.78, 5) is -0.184. The first kappa shape index (κ1) is 66.9. The van der Waals surface area contributed by atoms with E-state index in [1.54, 1.807) is 22.3 Å². The molecule has 2 heterocycles. The van der Waals surface area contributed by atoms with Crippen LogP contribution in [-0.4, -0.2) is 98.0 Å². The number of allylic oxidation sites excluding steroid dienone is 4. The van der Waals surface area contributed by atoms with Crippen LogP contribution in [0.1, 0.15) is 144 Å². The Labute approximate surface area is 465 Å². The van der Waals surface area contributed by atoms with Crippen molar-refractivity contribution in [1.29, 1.82) is 0 Å². The van der Waals surface area contributed by atoms with Crippen LogP contribution in [0, 0.1) is 0 Å². The van der Waals surface area contributed by atoms with Crippen molar-refractivity contribution in [3.8, 4) is 0 Å². The molecule has 2 aliphatic heterocycles. The van der Waals surface area contributed by atoms with E-state index >= 15 is 0 Å². The largest absolute Gasteiger partial charge is 0.412 e. The van der Waals surface area contributed by atoms with Gasteiger partial charge in [0.15, 0.2) is 0 Å². The molecule has 72 heavy (non-hydrogen) atoms. The van der Waals surface area contributed by atoms with E-state index < -0.39 is 92.5 Å². The zero-order valence-corrected chi connectivity index (χ0v) is 66.5. The fourth-order valence-electron chi connectivity index (χ4n) is 16.7. The zero-order chi connectivity index (χ0) is 55.6. The van der Waals surface area contributed by atoms with E-state index in [2.05, 4.69) is 251 Å². The summed E-state index contributed by atoms with van der Waals surface area (Å²) in [7, 11) is -14.7. The minimum absolute atomic E-state index is 0. The number of hydrogen-bond donors (Lipinski definition) is 0. The van der Waals surface area contributed by atoms with Crippen LogP contribution in [-0.2, 0) is 19.4 Å². The number of rotatable bonds is 16. The third-order valence-corrected chi connectivity index (χ3v) is 75.4. The van der Waals surface area contributed by atoms with Gasteiger partial charge in [0.05, 0.1) is 0 Å². The third kappa shape index (κ3) is 12.1. The van der Waals surface area contributed by atoms with Crippen LogP contribution >= 0.6 is 0 Å². The molecule has 2 N–H and O–H groups in total. The van der Waals surface area contributed by atoms with Gasteiger partial charge in [-0.1, -0.05) is 0 Å². The van der Waals surface area contributed by atoms with Gasteiger partial charge in [-0.05, 0) is 0 Å². The average Bonchev–Trinajstić information content (AvgIpc) is 3.43. The molecule has 2 aromatic carbocycles. The Morgan fingerprint density at radius 1 is 0.444 bits per heavy atom. The van der Waals surface area contributed by atoms with Crippen molar-refractivity contribution in [3.05, 3.63) is 75.3 Å². The Balaban J connectivity index is 0.0000137. The van der Waals surface area contributed by atoms with Gasteiger partial charge in [-0.25, -0.2) is 0 Å². The van der Waals surface area contributed by atoms with Crippen molar-refractivity contribution in [2.75, 3.05) is 0 Å². The SMILES string of the molecule is CC[C]1=[C](CC)[Ge]2([O]C([Si](C)(C)C)([Si](C)(C)C)c3cc(C(C)(C)C)cc(C([Si](C)(C)C)[Si](C)(C)C)[c]32)[C](CC)=[C](CC)[Ge]1[c]1c(C([Si](C)(C)C)[Si](C)(C)C)cc(C(C)(C)C)cc1C([Si](C)(C)C)[Si](C)(C)C.O. The van der Waals surface area contributed by atoms with Crippen LogP contribution in [0.15, 0.2) is 41.9 Å².